The average molecular weight is 548 g/mol. The fourth-order valence-corrected chi connectivity index (χ4v) is 6.06. The van der Waals surface area contributed by atoms with E-state index in [1.807, 2.05) is 12.1 Å². The summed E-state index contributed by atoms with van der Waals surface area (Å²) in [5.74, 6) is 0. The zero-order chi connectivity index (χ0) is 27.9. The van der Waals surface area contributed by atoms with E-state index in [9.17, 15) is 0 Å². The van der Waals surface area contributed by atoms with Crippen LogP contribution in [-0.2, 0) is 4.74 Å². The summed E-state index contributed by atoms with van der Waals surface area (Å²) in [7, 11) is 0. The first-order chi connectivity index (χ1) is 20.8. The number of H-pyrrole nitrogens is 2. The van der Waals surface area contributed by atoms with Gasteiger partial charge in [0.05, 0.1) is 47.2 Å². The molecule has 1 fully saturated rings. The van der Waals surface area contributed by atoms with Gasteiger partial charge in [-0.2, -0.15) is 0 Å². The normalized spacial score (nSPS) is 14.4. The molecule has 0 saturated carbocycles. The Balaban J connectivity index is 1.51. The number of ether oxygens (including phenoxy) is 1. The molecule has 0 atom stereocenters. The number of fused-ring (bicyclic) bond motifs is 8. The van der Waals surface area contributed by atoms with Crippen LogP contribution < -0.4 is 4.90 Å². The Labute approximate surface area is 243 Å². The second-order valence-corrected chi connectivity index (χ2v) is 10.7. The maximum atomic E-state index is 5.73. The van der Waals surface area contributed by atoms with Gasteiger partial charge in [0.15, 0.2) is 0 Å². The highest BCUT2D eigenvalue weighted by molar-refractivity contribution is 5.96. The highest BCUT2D eigenvalue weighted by atomic mass is 16.5. The van der Waals surface area contributed by atoms with Crippen molar-refractivity contribution in [3.8, 4) is 22.3 Å². The third-order valence-electron chi connectivity index (χ3n) is 8.00. The van der Waals surface area contributed by atoms with E-state index in [1.54, 1.807) is 0 Å². The van der Waals surface area contributed by atoms with Crippen LogP contribution in [0.25, 0.3) is 68.6 Å². The second-order valence-electron chi connectivity index (χ2n) is 10.7. The summed E-state index contributed by atoms with van der Waals surface area (Å²) < 4.78 is 5.73. The van der Waals surface area contributed by atoms with Crippen LogP contribution in [0, 0.1) is 0 Å². The summed E-state index contributed by atoms with van der Waals surface area (Å²) in [4.78, 5) is 20.2. The molecule has 0 radical (unpaired) electrons. The predicted molar refractivity (Wildman–Crippen MR) is 173 cm³/mol. The third-order valence-corrected chi connectivity index (χ3v) is 8.00. The molecule has 0 aliphatic carbocycles. The van der Waals surface area contributed by atoms with Crippen molar-refractivity contribution in [1.29, 1.82) is 0 Å². The van der Waals surface area contributed by atoms with Crippen LogP contribution in [-0.4, -0.2) is 46.2 Å². The van der Waals surface area contributed by atoms with Gasteiger partial charge in [-0.05, 0) is 65.8 Å². The molecular formula is C36H29N5O. The number of hydrogen-bond donors (Lipinski definition) is 2. The highest BCUT2D eigenvalue weighted by Crippen LogP contribution is 2.35. The third kappa shape index (κ3) is 4.42. The summed E-state index contributed by atoms with van der Waals surface area (Å²) in [6.45, 7) is 2.99. The molecule has 42 heavy (non-hydrogen) atoms. The smallest absolute Gasteiger partial charge is 0.0892 e. The van der Waals surface area contributed by atoms with Crippen LogP contribution in [0.15, 0.2) is 91.0 Å². The van der Waals surface area contributed by atoms with E-state index in [-0.39, 0.29) is 0 Å². The Morgan fingerprint density at radius 2 is 1.17 bits per heavy atom. The number of rotatable bonds is 3. The number of benzene rings is 2. The van der Waals surface area contributed by atoms with Gasteiger partial charge in [-0.3, -0.25) is 0 Å². The minimum absolute atomic E-state index is 0.690. The summed E-state index contributed by atoms with van der Waals surface area (Å²) >= 11 is 0. The van der Waals surface area contributed by atoms with E-state index in [4.69, 9.17) is 14.7 Å². The number of anilines is 1. The summed E-state index contributed by atoms with van der Waals surface area (Å²) in [5, 5.41) is 0. The fourth-order valence-electron chi connectivity index (χ4n) is 6.06. The molecule has 0 unspecified atom stereocenters. The first-order valence-corrected chi connectivity index (χ1v) is 14.4. The zero-order valence-electron chi connectivity index (χ0n) is 23.0. The molecule has 0 amide bonds. The monoisotopic (exact) mass is 547 g/mol. The lowest BCUT2D eigenvalue weighted by molar-refractivity contribution is 0.123. The van der Waals surface area contributed by atoms with Crippen molar-refractivity contribution in [2.45, 2.75) is 0 Å². The fraction of sp³-hybridized carbons (Fsp3) is 0.111. The van der Waals surface area contributed by atoms with Gasteiger partial charge < -0.3 is 19.6 Å². The number of aromatic amines is 2. The van der Waals surface area contributed by atoms with Gasteiger partial charge in [0.1, 0.15) is 0 Å². The highest BCUT2D eigenvalue weighted by Gasteiger charge is 2.20. The predicted octanol–water partition coefficient (Wildman–Crippen LogP) is 7.83. The lowest BCUT2D eigenvalue weighted by atomic mass is 10.0. The van der Waals surface area contributed by atoms with E-state index < -0.39 is 0 Å². The molecular weight excluding hydrogens is 518 g/mol. The van der Waals surface area contributed by atoms with Crippen molar-refractivity contribution >= 4 is 52.1 Å². The van der Waals surface area contributed by atoms with Gasteiger partial charge in [-0.1, -0.05) is 60.7 Å². The van der Waals surface area contributed by atoms with Crippen molar-refractivity contribution in [2.24, 2.45) is 0 Å². The topological polar surface area (TPSA) is 69.8 Å². The number of aromatic nitrogens is 4. The Kier molecular flexibility index (Phi) is 6.04. The average Bonchev–Trinajstić information content (AvgIpc) is 3.86. The first-order valence-electron chi connectivity index (χ1n) is 14.4. The van der Waals surface area contributed by atoms with Crippen molar-refractivity contribution in [3.63, 3.8) is 0 Å². The molecule has 2 N–H and O–H groups in total. The van der Waals surface area contributed by atoms with Crippen molar-refractivity contribution in [1.82, 2.24) is 19.9 Å². The molecule has 3 aliphatic heterocycles. The molecule has 6 nitrogen and oxygen atoms in total. The van der Waals surface area contributed by atoms with E-state index in [1.165, 1.54) is 0 Å². The van der Waals surface area contributed by atoms with E-state index in [0.29, 0.717) is 13.2 Å². The van der Waals surface area contributed by atoms with Crippen LogP contribution in [0.3, 0.4) is 0 Å². The standard InChI is InChI=1S/C36H29N5O/c1-3-7-24(8-4-1)34-28-13-11-26(37-28)23-27-12-14-29(38-27)35(25-9-5-2-6-10-25)31-16-18-33(40-31)36(32-17-15-30(34)39-32)41-19-21-42-22-20-41/h1-18,23,37,40H,19-22H2. The Morgan fingerprint density at radius 1 is 0.571 bits per heavy atom. The van der Waals surface area contributed by atoms with E-state index in [2.05, 4.69) is 118 Å². The maximum Gasteiger partial charge on any atom is 0.0892 e. The zero-order valence-corrected chi connectivity index (χ0v) is 23.0. The molecule has 8 bridgehead atoms. The van der Waals surface area contributed by atoms with E-state index >= 15 is 0 Å². The van der Waals surface area contributed by atoms with E-state index in [0.717, 1.165) is 85.9 Å². The van der Waals surface area contributed by atoms with Gasteiger partial charge in [0.2, 0.25) is 0 Å². The number of hydrogen-bond acceptors (Lipinski definition) is 4. The minimum atomic E-state index is 0.690. The molecule has 2 aromatic carbocycles. The lowest BCUT2D eigenvalue weighted by Gasteiger charge is -2.29. The Bertz CT molecular complexity index is 1980. The molecule has 5 aromatic rings. The lowest BCUT2D eigenvalue weighted by Crippen LogP contribution is -2.36. The van der Waals surface area contributed by atoms with Crippen LogP contribution >= 0.6 is 0 Å². The number of morpholine rings is 1. The number of nitrogens with zero attached hydrogens (tertiary/aromatic N) is 3. The first kappa shape index (κ1) is 24.6. The van der Waals surface area contributed by atoms with Crippen LogP contribution in [0.4, 0.5) is 5.69 Å². The summed E-state index contributed by atoms with van der Waals surface area (Å²) in [5.41, 5.74) is 13.2. The van der Waals surface area contributed by atoms with Gasteiger partial charge in [0.25, 0.3) is 0 Å². The van der Waals surface area contributed by atoms with Crippen molar-refractivity contribution in [3.05, 3.63) is 114 Å². The van der Waals surface area contributed by atoms with Crippen molar-refractivity contribution in [2.75, 3.05) is 31.2 Å². The van der Waals surface area contributed by atoms with Gasteiger partial charge in [-0.15, -0.1) is 0 Å². The minimum Gasteiger partial charge on any atom is -0.378 e. The maximum absolute atomic E-state index is 5.73. The van der Waals surface area contributed by atoms with Gasteiger partial charge >= 0.3 is 0 Å². The quantitative estimate of drug-likeness (QED) is 0.237. The van der Waals surface area contributed by atoms with Crippen LogP contribution in [0.5, 0.6) is 0 Å². The molecule has 1 saturated heterocycles. The Hall–Kier alpha value is -5.20. The number of nitrogens with one attached hydrogen (secondary N) is 2. The van der Waals surface area contributed by atoms with Gasteiger partial charge in [0, 0.05) is 40.8 Å². The molecule has 0 spiro atoms. The molecule has 3 aromatic heterocycles. The molecule has 6 heterocycles. The summed E-state index contributed by atoms with van der Waals surface area (Å²) in [6.07, 6.45) is 8.47. The second kappa shape index (κ2) is 10.3. The van der Waals surface area contributed by atoms with Crippen LogP contribution in [0.1, 0.15) is 22.8 Å². The molecule has 6 heteroatoms. The van der Waals surface area contributed by atoms with Crippen LogP contribution in [0.2, 0.25) is 0 Å². The molecule has 8 rings (SSSR count). The van der Waals surface area contributed by atoms with Crippen molar-refractivity contribution < 1.29 is 4.74 Å². The largest absolute Gasteiger partial charge is 0.378 e. The molecule has 204 valence electrons. The summed E-state index contributed by atoms with van der Waals surface area (Å²) in [6, 6.07) is 31.6. The molecule has 3 aliphatic rings. The van der Waals surface area contributed by atoms with Gasteiger partial charge in [-0.25, -0.2) is 9.97 Å². The SMILES string of the molecule is C1=Cc2nc1cc1ccc([nH]1)c(-c1ccccc1)c1nc(c(N3CCOCC3)c3ccc([nH]3)c2-c2ccccc2)C=C1. The Morgan fingerprint density at radius 3 is 1.90 bits per heavy atom.